The van der Waals surface area contributed by atoms with Crippen molar-refractivity contribution in [2.45, 2.75) is 19.3 Å². The third-order valence-corrected chi connectivity index (χ3v) is 2.57. The highest BCUT2D eigenvalue weighted by Gasteiger charge is 2.18. The summed E-state index contributed by atoms with van der Waals surface area (Å²) in [6, 6.07) is 3.71. The normalized spacial score (nSPS) is 10.2. The Morgan fingerprint density at radius 2 is 1.82 bits per heavy atom. The van der Waals surface area contributed by atoms with Crippen LogP contribution in [0.2, 0.25) is 0 Å². The Balaban J connectivity index is 2.96. The van der Waals surface area contributed by atoms with Gasteiger partial charge >= 0.3 is 0 Å². The molecule has 0 fully saturated rings. The summed E-state index contributed by atoms with van der Waals surface area (Å²) in [4.78, 5) is 20.1. The van der Waals surface area contributed by atoms with E-state index in [4.69, 9.17) is 11.6 Å². The Labute approximate surface area is 103 Å². The first kappa shape index (κ1) is 13.4. The zero-order valence-electron chi connectivity index (χ0n) is 8.97. The molecule has 1 rings (SSSR count). The molecule has 17 heavy (non-hydrogen) atoms. The SMILES string of the molecule is O=[N+]([O-])c1ccc(CCCCCl)c([N+](=O)[O-])c1. The first-order valence-corrected chi connectivity index (χ1v) is 5.57. The molecular formula is C10H11ClN2O4. The molecule has 0 aliphatic heterocycles. The summed E-state index contributed by atoms with van der Waals surface area (Å²) in [7, 11) is 0. The summed E-state index contributed by atoms with van der Waals surface area (Å²) in [5, 5.41) is 21.3. The van der Waals surface area contributed by atoms with Gasteiger partial charge in [0.1, 0.15) is 0 Å². The maximum Gasteiger partial charge on any atom is 0.279 e. The lowest BCUT2D eigenvalue weighted by Gasteiger charge is -2.02. The maximum atomic E-state index is 10.8. The molecule has 0 saturated heterocycles. The number of nitrogens with zero attached hydrogens (tertiary/aromatic N) is 2. The Morgan fingerprint density at radius 1 is 1.12 bits per heavy atom. The van der Waals surface area contributed by atoms with Crippen molar-refractivity contribution in [1.29, 1.82) is 0 Å². The number of nitro benzene ring substituents is 2. The van der Waals surface area contributed by atoms with Gasteiger partial charge in [0, 0.05) is 17.5 Å². The number of halogens is 1. The predicted octanol–water partition coefficient (Wildman–Crippen LogP) is 3.06. The number of alkyl halides is 1. The fraction of sp³-hybridized carbons (Fsp3) is 0.400. The van der Waals surface area contributed by atoms with E-state index in [9.17, 15) is 20.2 Å². The summed E-state index contributed by atoms with van der Waals surface area (Å²) in [6.07, 6.45) is 1.98. The number of hydrogen-bond acceptors (Lipinski definition) is 4. The molecule has 0 spiro atoms. The van der Waals surface area contributed by atoms with E-state index < -0.39 is 9.85 Å². The molecule has 0 amide bonds. The minimum absolute atomic E-state index is 0.200. The average Bonchev–Trinajstić information content (AvgIpc) is 2.29. The highest BCUT2D eigenvalue weighted by atomic mass is 35.5. The number of non-ortho nitro benzene ring substituents is 1. The van der Waals surface area contributed by atoms with Gasteiger partial charge < -0.3 is 0 Å². The zero-order valence-corrected chi connectivity index (χ0v) is 9.72. The second-order valence-electron chi connectivity index (χ2n) is 3.47. The molecule has 0 aliphatic rings. The van der Waals surface area contributed by atoms with Crippen molar-refractivity contribution in [1.82, 2.24) is 0 Å². The molecule has 0 radical (unpaired) electrons. The summed E-state index contributed by atoms with van der Waals surface area (Å²) >= 11 is 5.51. The third kappa shape index (κ3) is 3.67. The number of benzene rings is 1. The van der Waals surface area contributed by atoms with Gasteiger partial charge in [-0.15, -0.1) is 11.6 Å². The van der Waals surface area contributed by atoms with Crippen LogP contribution in [0, 0.1) is 20.2 Å². The lowest BCUT2D eigenvalue weighted by Crippen LogP contribution is -1.98. The van der Waals surface area contributed by atoms with Crippen LogP contribution in [0.1, 0.15) is 18.4 Å². The molecule has 0 bridgehead atoms. The zero-order chi connectivity index (χ0) is 12.8. The monoisotopic (exact) mass is 258 g/mol. The van der Waals surface area contributed by atoms with Gasteiger partial charge in [0.15, 0.2) is 0 Å². The quantitative estimate of drug-likeness (QED) is 0.340. The van der Waals surface area contributed by atoms with E-state index in [1.165, 1.54) is 12.1 Å². The number of aryl methyl sites for hydroxylation is 1. The molecule has 0 unspecified atom stereocenters. The van der Waals surface area contributed by atoms with Crippen LogP contribution in [0.15, 0.2) is 18.2 Å². The van der Waals surface area contributed by atoms with E-state index in [1.807, 2.05) is 0 Å². The van der Waals surface area contributed by atoms with Crippen LogP contribution in [0.5, 0.6) is 0 Å². The molecule has 0 N–H and O–H groups in total. The van der Waals surface area contributed by atoms with Crippen molar-refractivity contribution < 1.29 is 9.85 Å². The van der Waals surface area contributed by atoms with Crippen molar-refractivity contribution >= 4 is 23.0 Å². The Kier molecular flexibility index (Phi) is 4.84. The highest BCUT2D eigenvalue weighted by Crippen LogP contribution is 2.25. The Hall–Kier alpha value is -1.69. The number of rotatable bonds is 6. The van der Waals surface area contributed by atoms with Crippen molar-refractivity contribution in [3.63, 3.8) is 0 Å². The average molecular weight is 259 g/mol. The molecule has 1 aromatic carbocycles. The van der Waals surface area contributed by atoms with E-state index in [-0.39, 0.29) is 11.4 Å². The predicted molar refractivity (Wildman–Crippen MR) is 63.4 cm³/mol. The van der Waals surface area contributed by atoms with Crippen LogP contribution in [-0.4, -0.2) is 15.7 Å². The smallest absolute Gasteiger partial charge is 0.258 e. The first-order valence-electron chi connectivity index (χ1n) is 5.04. The molecule has 1 aromatic rings. The fourth-order valence-electron chi connectivity index (χ4n) is 1.46. The minimum atomic E-state index is -0.643. The standard InChI is InChI=1S/C10H11ClN2O4/c11-6-2-1-3-8-4-5-9(12(14)15)7-10(8)13(16)17/h4-5,7H,1-3,6H2. The molecule has 0 aromatic heterocycles. The lowest BCUT2D eigenvalue weighted by atomic mass is 10.1. The Bertz CT molecular complexity index is 436. The van der Waals surface area contributed by atoms with Gasteiger partial charge in [-0.25, -0.2) is 0 Å². The van der Waals surface area contributed by atoms with Crippen LogP contribution < -0.4 is 0 Å². The van der Waals surface area contributed by atoms with Gasteiger partial charge in [-0.1, -0.05) is 0 Å². The second-order valence-corrected chi connectivity index (χ2v) is 3.85. The van der Waals surface area contributed by atoms with Gasteiger partial charge in [0.05, 0.1) is 15.9 Å². The van der Waals surface area contributed by atoms with E-state index in [0.29, 0.717) is 17.9 Å². The molecule has 0 atom stereocenters. The van der Waals surface area contributed by atoms with E-state index >= 15 is 0 Å². The molecule has 92 valence electrons. The van der Waals surface area contributed by atoms with Crippen molar-refractivity contribution in [3.05, 3.63) is 44.0 Å². The van der Waals surface area contributed by atoms with Crippen LogP contribution in [0.3, 0.4) is 0 Å². The molecule has 0 heterocycles. The van der Waals surface area contributed by atoms with Crippen molar-refractivity contribution in [3.8, 4) is 0 Å². The number of hydrogen-bond donors (Lipinski definition) is 0. The van der Waals surface area contributed by atoms with E-state index in [1.54, 1.807) is 0 Å². The molecule has 0 saturated carbocycles. The van der Waals surface area contributed by atoms with E-state index in [2.05, 4.69) is 0 Å². The third-order valence-electron chi connectivity index (χ3n) is 2.31. The van der Waals surface area contributed by atoms with Gasteiger partial charge in [0.25, 0.3) is 11.4 Å². The molecule has 0 aliphatic carbocycles. The van der Waals surface area contributed by atoms with Crippen LogP contribution in [0.25, 0.3) is 0 Å². The Morgan fingerprint density at radius 3 is 2.35 bits per heavy atom. The van der Waals surface area contributed by atoms with Gasteiger partial charge in [-0.2, -0.15) is 0 Å². The van der Waals surface area contributed by atoms with Crippen LogP contribution in [-0.2, 0) is 6.42 Å². The lowest BCUT2D eigenvalue weighted by molar-refractivity contribution is -0.394. The number of nitro groups is 2. The summed E-state index contributed by atoms with van der Waals surface area (Å²) in [6.45, 7) is 0. The van der Waals surface area contributed by atoms with Crippen LogP contribution >= 0.6 is 11.6 Å². The van der Waals surface area contributed by atoms with Gasteiger partial charge in [-0.05, 0) is 25.3 Å². The van der Waals surface area contributed by atoms with Gasteiger partial charge in [-0.3, -0.25) is 20.2 Å². The molecule has 7 heteroatoms. The van der Waals surface area contributed by atoms with E-state index in [0.717, 1.165) is 18.9 Å². The van der Waals surface area contributed by atoms with Crippen molar-refractivity contribution in [2.24, 2.45) is 0 Å². The van der Waals surface area contributed by atoms with Crippen LogP contribution in [0.4, 0.5) is 11.4 Å². The topological polar surface area (TPSA) is 86.3 Å². The summed E-state index contributed by atoms with van der Waals surface area (Å²) in [5.74, 6) is 0.501. The minimum Gasteiger partial charge on any atom is -0.258 e. The maximum absolute atomic E-state index is 10.8. The summed E-state index contributed by atoms with van der Waals surface area (Å²) in [5.41, 5.74) is 0.0392. The van der Waals surface area contributed by atoms with Crippen molar-refractivity contribution in [2.75, 3.05) is 5.88 Å². The largest absolute Gasteiger partial charge is 0.279 e. The molecule has 6 nitrogen and oxygen atoms in total. The second kappa shape index (κ2) is 6.15. The van der Waals surface area contributed by atoms with Gasteiger partial charge in [0.2, 0.25) is 0 Å². The number of unbranched alkanes of at least 4 members (excludes halogenated alkanes) is 1. The first-order chi connectivity index (χ1) is 8.06. The molecular weight excluding hydrogens is 248 g/mol. The fourth-order valence-corrected chi connectivity index (χ4v) is 1.65. The summed E-state index contributed by atoms with van der Waals surface area (Å²) < 4.78 is 0. The highest BCUT2D eigenvalue weighted by molar-refractivity contribution is 6.17.